The summed E-state index contributed by atoms with van der Waals surface area (Å²) in [5, 5.41) is 10.9. The van der Waals surface area contributed by atoms with Gasteiger partial charge >= 0.3 is 6.03 Å². The van der Waals surface area contributed by atoms with Crippen LogP contribution in [0.3, 0.4) is 0 Å². The lowest BCUT2D eigenvalue weighted by Gasteiger charge is -2.15. The van der Waals surface area contributed by atoms with Crippen molar-refractivity contribution >= 4 is 24.1 Å². The van der Waals surface area contributed by atoms with Crippen molar-refractivity contribution in [2.75, 3.05) is 6.54 Å². The molecule has 1 fully saturated rings. The van der Waals surface area contributed by atoms with Crippen LogP contribution < -0.4 is 10.7 Å². The Morgan fingerprint density at radius 3 is 2.53 bits per heavy atom. The lowest BCUT2D eigenvalue weighted by molar-refractivity contribution is -0.130. The largest absolute Gasteiger partial charge is 0.325 e. The molecule has 1 saturated heterocycles. The zero-order valence-electron chi connectivity index (χ0n) is 17.2. The first-order valence-electron chi connectivity index (χ1n) is 9.38. The standard InChI is InChI=1S/C20H23FN6O3/c1-12-16(13(2)27(25-12)15-7-5-14(21)6-8-15)11-22-24-17(28)9-10-26-18(29)20(3,4)23-19(26)30/h5-8,11H,9-10H2,1-4H3,(H,23,30)(H,24,28)/b22-11-. The molecule has 1 aliphatic rings. The number of halogens is 1. The van der Waals surface area contributed by atoms with Crippen LogP contribution in [0.4, 0.5) is 9.18 Å². The summed E-state index contributed by atoms with van der Waals surface area (Å²) in [6.45, 7) is 6.82. The number of rotatable bonds is 6. The molecule has 4 amide bonds. The Morgan fingerprint density at radius 1 is 1.27 bits per heavy atom. The van der Waals surface area contributed by atoms with E-state index < -0.39 is 17.5 Å². The molecule has 2 N–H and O–H groups in total. The number of nitrogens with zero attached hydrogens (tertiary/aromatic N) is 4. The number of aryl methyl sites for hydroxylation is 1. The Kier molecular flexibility index (Phi) is 5.68. The fraction of sp³-hybridized carbons (Fsp3) is 0.350. The Morgan fingerprint density at radius 2 is 1.93 bits per heavy atom. The second-order valence-electron chi connectivity index (χ2n) is 7.53. The monoisotopic (exact) mass is 414 g/mol. The average molecular weight is 414 g/mol. The number of carbonyl (C=O) groups is 3. The summed E-state index contributed by atoms with van der Waals surface area (Å²) in [6.07, 6.45) is 1.41. The van der Waals surface area contributed by atoms with Crippen molar-refractivity contribution in [2.45, 2.75) is 39.7 Å². The minimum Gasteiger partial charge on any atom is -0.324 e. The number of benzene rings is 1. The number of aromatic nitrogens is 2. The van der Waals surface area contributed by atoms with Crippen LogP contribution >= 0.6 is 0 Å². The van der Waals surface area contributed by atoms with Crippen LogP contribution in [0.25, 0.3) is 5.69 Å². The predicted octanol–water partition coefficient (Wildman–Crippen LogP) is 1.80. The van der Waals surface area contributed by atoms with Gasteiger partial charge in [-0.2, -0.15) is 10.2 Å². The molecule has 30 heavy (non-hydrogen) atoms. The summed E-state index contributed by atoms with van der Waals surface area (Å²) < 4.78 is 14.8. The molecule has 0 atom stereocenters. The van der Waals surface area contributed by atoms with Crippen molar-refractivity contribution in [1.82, 2.24) is 25.4 Å². The van der Waals surface area contributed by atoms with Crippen LogP contribution in [0.5, 0.6) is 0 Å². The van der Waals surface area contributed by atoms with Gasteiger partial charge in [0.25, 0.3) is 5.91 Å². The number of hydrogen-bond donors (Lipinski definition) is 2. The van der Waals surface area contributed by atoms with E-state index in [9.17, 15) is 18.8 Å². The van der Waals surface area contributed by atoms with E-state index in [0.29, 0.717) is 11.4 Å². The maximum atomic E-state index is 13.1. The highest BCUT2D eigenvalue weighted by Gasteiger charge is 2.43. The maximum absolute atomic E-state index is 13.1. The first kappa shape index (κ1) is 21.2. The molecular weight excluding hydrogens is 391 g/mol. The van der Waals surface area contributed by atoms with Crippen LogP contribution in [0.15, 0.2) is 29.4 Å². The van der Waals surface area contributed by atoms with Crippen molar-refractivity contribution < 1.29 is 18.8 Å². The summed E-state index contributed by atoms with van der Waals surface area (Å²) in [7, 11) is 0. The molecule has 9 nitrogen and oxygen atoms in total. The molecule has 0 bridgehead atoms. The van der Waals surface area contributed by atoms with E-state index in [2.05, 4.69) is 20.9 Å². The highest BCUT2D eigenvalue weighted by Crippen LogP contribution is 2.18. The molecule has 0 aliphatic carbocycles. The summed E-state index contributed by atoms with van der Waals surface area (Å²) in [4.78, 5) is 37.0. The van der Waals surface area contributed by atoms with E-state index in [-0.39, 0.29) is 24.7 Å². The van der Waals surface area contributed by atoms with Gasteiger partial charge in [0, 0.05) is 18.5 Å². The van der Waals surface area contributed by atoms with Gasteiger partial charge in [-0.3, -0.25) is 14.5 Å². The maximum Gasteiger partial charge on any atom is 0.325 e. The summed E-state index contributed by atoms with van der Waals surface area (Å²) in [5.41, 5.74) is 4.32. The fourth-order valence-corrected chi connectivity index (χ4v) is 3.13. The van der Waals surface area contributed by atoms with E-state index in [1.165, 1.54) is 18.3 Å². The Bertz CT molecular complexity index is 1030. The number of imide groups is 1. The van der Waals surface area contributed by atoms with E-state index in [4.69, 9.17) is 0 Å². The molecule has 2 aromatic rings. The van der Waals surface area contributed by atoms with Crippen LogP contribution in [-0.4, -0.2) is 50.8 Å². The molecule has 3 rings (SSSR count). The molecular formula is C20H23FN6O3. The minimum atomic E-state index is -0.967. The van der Waals surface area contributed by atoms with E-state index >= 15 is 0 Å². The third-order valence-corrected chi connectivity index (χ3v) is 4.81. The molecule has 1 aromatic carbocycles. The molecule has 158 valence electrons. The van der Waals surface area contributed by atoms with Crippen LogP contribution in [0, 0.1) is 19.7 Å². The normalized spacial score (nSPS) is 15.7. The van der Waals surface area contributed by atoms with Crippen molar-refractivity contribution in [2.24, 2.45) is 5.10 Å². The topological polar surface area (TPSA) is 109 Å². The quantitative estimate of drug-likeness (QED) is 0.427. The van der Waals surface area contributed by atoms with Gasteiger partial charge in [0.2, 0.25) is 5.91 Å². The fourth-order valence-electron chi connectivity index (χ4n) is 3.13. The first-order valence-corrected chi connectivity index (χ1v) is 9.38. The lowest BCUT2D eigenvalue weighted by atomic mass is 10.1. The number of amides is 4. The van der Waals surface area contributed by atoms with Gasteiger partial charge < -0.3 is 5.32 Å². The Labute approximate surface area is 172 Å². The lowest BCUT2D eigenvalue weighted by Crippen LogP contribution is -2.40. The Balaban J connectivity index is 1.60. The third-order valence-electron chi connectivity index (χ3n) is 4.81. The van der Waals surface area contributed by atoms with Gasteiger partial charge in [-0.1, -0.05) is 0 Å². The molecule has 0 unspecified atom stereocenters. The summed E-state index contributed by atoms with van der Waals surface area (Å²) in [5.74, 6) is -1.14. The van der Waals surface area contributed by atoms with Gasteiger partial charge in [0.15, 0.2) is 0 Å². The predicted molar refractivity (Wildman–Crippen MR) is 108 cm³/mol. The van der Waals surface area contributed by atoms with Crippen molar-refractivity contribution in [3.05, 3.63) is 47.0 Å². The van der Waals surface area contributed by atoms with E-state index in [0.717, 1.165) is 16.2 Å². The van der Waals surface area contributed by atoms with Crippen LogP contribution in [-0.2, 0) is 9.59 Å². The number of carbonyl (C=O) groups excluding carboxylic acids is 3. The average Bonchev–Trinajstić information content (AvgIpc) is 3.06. The molecule has 2 heterocycles. The van der Waals surface area contributed by atoms with Gasteiger partial charge in [0.1, 0.15) is 11.4 Å². The highest BCUT2D eigenvalue weighted by molar-refractivity contribution is 6.06. The first-order chi connectivity index (χ1) is 14.1. The van der Waals surface area contributed by atoms with Crippen molar-refractivity contribution in [3.8, 4) is 5.69 Å². The van der Waals surface area contributed by atoms with E-state index in [1.807, 2.05) is 6.92 Å². The molecule has 0 spiro atoms. The van der Waals surface area contributed by atoms with Crippen LogP contribution in [0.1, 0.15) is 37.2 Å². The van der Waals surface area contributed by atoms with E-state index in [1.54, 1.807) is 37.6 Å². The van der Waals surface area contributed by atoms with Crippen molar-refractivity contribution in [3.63, 3.8) is 0 Å². The zero-order chi connectivity index (χ0) is 22.1. The summed E-state index contributed by atoms with van der Waals surface area (Å²) >= 11 is 0. The number of nitrogens with one attached hydrogen (secondary N) is 2. The number of hydrazone groups is 1. The molecule has 1 aromatic heterocycles. The zero-order valence-corrected chi connectivity index (χ0v) is 17.2. The molecule has 0 radical (unpaired) electrons. The van der Waals surface area contributed by atoms with Gasteiger partial charge in [-0.25, -0.2) is 19.3 Å². The second kappa shape index (κ2) is 8.05. The summed E-state index contributed by atoms with van der Waals surface area (Å²) in [6, 6.07) is 5.43. The van der Waals surface area contributed by atoms with Crippen LogP contribution in [0.2, 0.25) is 0 Å². The molecule has 0 saturated carbocycles. The van der Waals surface area contributed by atoms with Crippen molar-refractivity contribution in [1.29, 1.82) is 0 Å². The molecule has 10 heteroatoms. The number of urea groups is 1. The second-order valence-corrected chi connectivity index (χ2v) is 7.53. The third kappa shape index (κ3) is 4.22. The van der Waals surface area contributed by atoms with Gasteiger partial charge in [-0.05, 0) is 52.0 Å². The SMILES string of the molecule is Cc1nn(-c2ccc(F)cc2)c(C)c1/C=N\NC(=O)CCN1C(=O)NC(C)(C)C1=O. The van der Waals surface area contributed by atoms with Gasteiger partial charge in [-0.15, -0.1) is 0 Å². The number of hydrogen-bond acceptors (Lipinski definition) is 5. The minimum absolute atomic E-state index is 0.0317. The smallest absolute Gasteiger partial charge is 0.324 e. The Hall–Kier alpha value is -3.56. The molecule has 1 aliphatic heterocycles. The highest BCUT2D eigenvalue weighted by atomic mass is 19.1. The van der Waals surface area contributed by atoms with Gasteiger partial charge in [0.05, 0.1) is 23.3 Å².